The van der Waals surface area contributed by atoms with E-state index in [1.807, 2.05) is 53.4 Å². The monoisotopic (exact) mass is 393 g/mol. The fraction of sp³-hybridized carbons (Fsp3) is 0.227. The van der Waals surface area contributed by atoms with E-state index in [9.17, 15) is 9.59 Å². The van der Waals surface area contributed by atoms with Gasteiger partial charge in [0.15, 0.2) is 0 Å². The number of nitrogens with one attached hydrogen (secondary N) is 1. The number of hydrogen-bond donors (Lipinski definition) is 1. The molecule has 3 aromatic rings. The fourth-order valence-electron chi connectivity index (χ4n) is 3.52. The lowest BCUT2D eigenvalue weighted by molar-refractivity contribution is -0.119. The van der Waals surface area contributed by atoms with Crippen molar-refractivity contribution in [2.75, 3.05) is 11.4 Å². The number of halogens is 1. The molecule has 0 aliphatic carbocycles. The van der Waals surface area contributed by atoms with Crippen molar-refractivity contribution >= 4 is 40.0 Å². The van der Waals surface area contributed by atoms with Crippen LogP contribution in [0.3, 0.4) is 0 Å². The Kier molecular flexibility index (Phi) is 5.26. The second kappa shape index (κ2) is 7.98. The molecule has 0 radical (unpaired) electrons. The Hall–Kier alpha value is -2.92. The van der Waals surface area contributed by atoms with Gasteiger partial charge < -0.3 is 10.2 Å². The molecule has 142 valence electrons. The molecule has 4 rings (SSSR count). The molecule has 1 saturated heterocycles. The van der Waals surface area contributed by atoms with Gasteiger partial charge in [-0.3, -0.25) is 9.59 Å². The molecular weight excluding hydrogens is 374 g/mol. The van der Waals surface area contributed by atoms with Crippen molar-refractivity contribution in [1.29, 1.82) is 0 Å². The molecule has 2 aromatic carbocycles. The second-order valence-electron chi connectivity index (χ2n) is 6.86. The molecule has 0 atom stereocenters. The zero-order valence-corrected chi connectivity index (χ0v) is 16.1. The molecule has 28 heavy (non-hydrogen) atoms. The van der Waals surface area contributed by atoms with E-state index in [1.54, 1.807) is 6.07 Å². The number of piperidine rings is 1. The van der Waals surface area contributed by atoms with E-state index in [0.717, 1.165) is 36.0 Å². The minimum absolute atomic E-state index is 0.158. The molecule has 1 N–H and O–H groups in total. The maximum absolute atomic E-state index is 12.8. The van der Waals surface area contributed by atoms with Crippen molar-refractivity contribution in [1.82, 2.24) is 10.3 Å². The van der Waals surface area contributed by atoms with Crippen LogP contribution in [0.5, 0.6) is 0 Å². The number of nitrogens with zero attached hydrogens (tertiary/aromatic N) is 2. The van der Waals surface area contributed by atoms with E-state index in [4.69, 9.17) is 11.6 Å². The number of carbonyl (C=O) groups excluding carboxylic acids is 2. The van der Waals surface area contributed by atoms with Crippen molar-refractivity contribution in [3.05, 3.63) is 70.9 Å². The van der Waals surface area contributed by atoms with Crippen LogP contribution in [-0.4, -0.2) is 23.3 Å². The Balaban J connectivity index is 1.51. The normalized spacial score (nSPS) is 14.3. The summed E-state index contributed by atoms with van der Waals surface area (Å²) in [6.45, 7) is 1.11. The lowest BCUT2D eigenvalue weighted by Crippen LogP contribution is -2.35. The summed E-state index contributed by atoms with van der Waals surface area (Å²) in [4.78, 5) is 31.0. The van der Waals surface area contributed by atoms with Crippen LogP contribution >= 0.6 is 11.6 Å². The van der Waals surface area contributed by atoms with E-state index < -0.39 is 0 Å². The third-order valence-electron chi connectivity index (χ3n) is 4.93. The van der Waals surface area contributed by atoms with Gasteiger partial charge >= 0.3 is 0 Å². The van der Waals surface area contributed by atoms with E-state index >= 15 is 0 Å². The van der Waals surface area contributed by atoms with Crippen LogP contribution in [0.1, 0.15) is 35.2 Å². The largest absolute Gasteiger partial charge is 0.348 e. The first kappa shape index (κ1) is 18.4. The molecule has 1 fully saturated rings. The van der Waals surface area contributed by atoms with Gasteiger partial charge in [-0.2, -0.15) is 0 Å². The van der Waals surface area contributed by atoms with Gasteiger partial charge in [0.05, 0.1) is 11.1 Å². The minimum atomic E-state index is -0.208. The average Bonchev–Trinajstić information content (AvgIpc) is 2.72. The lowest BCUT2D eigenvalue weighted by atomic mass is 10.1. The summed E-state index contributed by atoms with van der Waals surface area (Å²) in [5.41, 5.74) is 3.01. The molecule has 1 aliphatic heterocycles. The summed E-state index contributed by atoms with van der Waals surface area (Å²) in [5, 5.41) is 3.99. The number of anilines is 1. The summed E-state index contributed by atoms with van der Waals surface area (Å²) in [6.07, 6.45) is 2.56. The van der Waals surface area contributed by atoms with Crippen LogP contribution < -0.4 is 10.2 Å². The zero-order chi connectivity index (χ0) is 19.5. The number of aromatic nitrogens is 1. The van der Waals surface area contributed by atoms with E-state index in [-0.39, 0.29) is 17.0 Å². The van der Waals surface area contributed by atoms with Gasteiger partial charge in [-0.15, -0.1) is 0 Å². The summed E-state index contributed by atoms with van der Waals surface area (Å²) in [6, 6.07) is 16.8. The number of pyridine rings is 1. The van der Waals surface area contributed by atoms with Crippen LogP contribution in [0.2, 0.25) is 5.15 Å². The van der Waals surface area contributed by atoms with Crippen molar-refractivity contribution in [2.24, 2.45) is 0 Å². The molecule has 0 bridgehead atoms. The van der Waals surface area contributed by atoms with Crippen LogP contribution in [0.25, 0.3) is 10.9 Å². The molecule has 1 aromatic heterocycles. The van der Waals surface area contributed by atoms with Crippen LogP contribution in [0.15, 0.2) is 54.6 Å². The number of para-hydroxylation sites is 1. The first-order valence-corrected chi connectivity index (χ1v) is 9.72. The van der Waals surface area contributed by atoms with Gasteiger partial charge in [0.1, 0.15) is 5.15 Å². The molecule has 0 saturated carbocycles. The van der Waals surface area contributed by atoms with Gasteiger partial charge in [0.25, 0.3) is 5.91 Å². The SMILES string of the molecule is O=C(NCc1cccc(N2CCCCC2=O)c1)c1cc(Cl)nc2ccccc12. The summed E-state index contributed by atoms with van der Waals surface area (Å²) >= 11 is 6.08. The number of benzene rings is 2. The highest BCUT2D eigenvalue weighted by Crippen LogP contribution is 2.23. The number of amides is 2. The quantitative estimate of drug-likeness (QED) is 0.671. The molecule has 0 unspecified atom stereocenters. The number of rotatable bonds is 4. The Bertz CT molecular complexity index is 1050. The molecular formula is C22H20ClN3O2. The van der Waals surface area contributed by atoms with Gasteiger partial charge in [0.2, 0.25) is 5.91 Å². The molecule has 5 nitrogen and oxygen atoms in total. The Labute approximate surface area is 168 Å². The molecule has 0 spiro atoms. The van der Waals surface area contributed by atoms with Gasteiger partial charge in [-0.05, 0) is 42.7 Å². The Morgan fingerprint density at radius 3 is 2.82 bits per heavy atom. The highest BCUT2D eigenvalue weighted by atomic mass is 35.5. The third kappa shape index (κ3) is 3.85. The number of fused-ring (bicyclic) bond motifs is 1. The topological polar surface area (TPSA) is 62.3 Å². The Morgan fingerprint density at radius 2 is 1.96 bits per heavy atom. The van der Waals surface area contributed by atoms with Gasteiger partial charge in [0, 0.05) is 30.6 Å². The van der Waals surface area contributed by atoms with Crippen molar-refractivity contribution in [2.45, 2.75) is 25.8 Å². The standard InChI is InChI=1S/C22H20ClN3O2/c23-20-13-18(17-8-1-2-9-19(17)25-20)22(28)24-14-15-6-5-7-16(12-15)26-11-4-3-10-21(26)27/h1-2,5-9,12-13H,3-4,10-11,14H2,(H,24,28). The van der Waals surface area contributed by atoms with Crippen molar-refractivity contribution in [3.63, 3.8) is 0 Å². The predicted molar refractivity (Wildman–Crippen MR) is 111 cm³/mol. The molecule has 6 heteroatoms. The molecule has 1 aliphatic rings. The van der Waals surface area contributed by atoms with E-state index in [1.165, 1.54) is 0 Å². The zero-order valence-electron chi connectivity index (χ0n) is 15.3. The average molecular weight is 394 g/mol. The predicted octanol–water partition coefficient (Wildman–Crippen LogP) is 4.34. The van der Waals surface area contributed by atoms with Crippen molar-refractivity contribution < 1.29 is 9.59 Å². The van der Waals surface area contributed by atoms with Crippen LogP contribution in [0.4, 0.5) is 5.69 Å². The second-order valence-corrected chi connectivity index (χ2v) is 7.25. The summed E-state index contributed by atoms with van der Waals surface area (Å²) < 4.78 is 0. The van der Waals surface area contributed by atoms with E-state index in [2.05, 4.69) is 10.3 Å². The number of carbonyl (C=O) groups is 2. The first-order chi connectivity index (χ1) is 13.6. The summed E-state index contributed by atoms with van der Waals surface area (Å²) in [7, 11) is 0. The van der Waals surface area contributed by atoms with Crippen molar-refractivity contribution in [3.8, 4) is 0 Å². The molecule has 2 heterocycles. The maximum Gasteiger partial charge on any atom is 0.252 e. The molecule has 2 amide bonds. The van der Waals surface area contributed by atoms with Gasteiger partial charge in [-0.25, -0.2) is 4.98 Å². The highest BCUT2D eigenvalue weighted by Gasteiger charge is 2.19. The Morgan fingerprint density at radius 1 is 1.11 bits per heavy atom. The first-order valence-electron chi connectivity index (χ1n) is 9.34. The van der Waals surface area contributed by atoms with Gasteiger partial charge in [-0.1, -0.05) is 41.9 Å². The number of hydrogen-bond acceptors (Lipinski definition) is 3. The maximum atomic E-state index is 12.8. The fourth-order valence-corrected chi connectivity index (χ4v) is 3.72. The van der Waals surface area contributed by atoms with Crippen LogP contribution in [-0.2, 0) is 11.3 Å². The third-order valence-corrected chi connectivity index (χ3v) is 5.12. The van der Waals surface area contributed by atoms with Crippen LogP contribution in [0, 0.1) is 0 Å². The van der Waals surface area contributed by atoms with E-state index in [0.29, 0.717) is 24.0 Å². The summed E-state index contributed by atoms with van der Waals surface area (Å²) in [5.74, 6) is -0.0507. The minimum Gasteiger partial charge on any atom is -0.348 e. The highest BCUT2D eigenvalue weighted by molar-refractivity contribution is 6.30. The lowest BCUT2D eigenvalue weighted by Gasteiger charge is -2.27. The smallest absolute Gasteiger partial charge is 0.252 e.